The van der Waals surface area contributed by atoms with Gasteiger partial charge in [-0.05, 0) is 64.9 Å². The Kier molecular flexibility index (Phi) is 18.8. The standard InChI is InChI=1S/C36H60N4O6/c1-5-6-7-8-9-10-11-12-13-18-25-37-32(41)31-24-20-27-40(31)33(42)30(39-35(44)46-36(2,3)4)23-17-19-26-38-34(43)45-28-29-21-15-14-16-22-29/h14-16,21-22,30-31H,5-13,17-20,23-28H2,1-4H3,(H,37,41)(H,38,43)(H,39,44)/t30-,31-/m0/s1. The lowest BCUT2D eigenvalue weighted by Crippen LogP contribution is -2.54. The third-order valence-electron chi connectivity index (χ3n) is 8.06. The lowest BCUT2D eigenvalue weighted by atomic mass is 10.1. The lowest BCUT2D eigenvalue weighted by Gasteiger charge is -2.29. The normalized spacial score (nSPS) is 15.2. The van der Waals surface area contributed by atoms with Crippen LogP contribution in [0.3, 0.4) is 0 Å². The van der Waals surface area contributed by atoms with Crippen molar-refractivity contribution >= 4 is 24.0 Å². The van der Waals surface area contributed by atoms with E-state index in [-0.39, 0.29) is 18.4 Å². The number of nitrogens with one attached hydrogen (secondary N) is 3. The Balaban J connectivity index is 1.78. The third kappa shape index (κ3) is 16.9. The summed E-state index contributed by atoms with van der Waals surface area (Å²) in [5.41, 5.74) is 0.187. The molecule has 3 N–H and O–H groups in total. The molecule has 0 radical (unpaired) electrons. The predicted octanol–water partition coefficient (Wildman–Crippen LogP) is 7.00. The van der Waals surface area contributed by atoms with Crippen molar-refractivity contribution in [2.45, 2.75) is 148 Å². The van der Waals surface area contributed by atoms with Crippen molar-refractivity contribution in [2.75, 3.05) is 19.6 Å². The number of unbranched alkanes of at least 4 members (excludes halogenated alkanes) is 10. The molecular weight excluding hydrogens is 584 g/mol. The van der Waals surface area contributed by atoms with E-state index in [1.54, 1.807) is 25.7 Å². The van der Waals surface area contributed by atoms with Gasteiger partial charge >= 0.3 is 12.2 Å². The van der Waals surface area contributed by atoms with E-state index in [1.165, 1.54) is 51.4 Å². The SMILES string of the molecule is CCCCCCCCCCCCNC(=O)[C@@H]1CCCN1C(=O)[C@H](CCCCNC(=O)OCc1ccccc1)NC(=O)OC(C)(C)C. The van der Waals surface area contributed by atoms with Crippen LogP contribution in [0.4, 0.5) is 9.59 Å². The molecule has 1 aromatic rings. The van der Waals surface area contributed by atoms with Crippen LogP contribution in [0.15, 0.2) is 30.3 Å². The van der Waals surface area contributed by atoms with Crippen molar-refractivity contribution in [3.05, 3.63) is 35.9 Å². The molecule has 10 nitrogen and oxygen atoms in total. The van der Waals surface area contributed by atoms with Crippen molar-refractivity contribution in [2.24, 2.45) is 0 Å². The number of rotatable bonds is 21. The van der Waals surface area contributed by atoms with E-state index in [2.05, 4.69) is 22.9 Å². The van der Waals surface area contributed by atoms with Crippen LogP contribution in [0, 0.1) is 0 Å². The largest absolute Gasteiger partial charge is 0.445 e. The van der Waals surface area contributed by atoms with Gasteiger partial charge in [-0.2, -0.15) is 0 Å². The molecule has 1 saturated heterocycles. The first-order valence-corrected chi connectivity index (χ1v) is 17.6. The number of alkyl carbamates (subject to hydrolysis) is 2. The molecule has 1 heterocycles. The third-order valence-corrected chi connectivity index (χ3v) is 8.06. The topological polar surface area (TPSA) is 126 Å². The van der Waals surface area contributed by atoms with Crippen LogP contribution in [-0.2, 0) is 25.7 Å². The maximum atomic E-state index is 13.7. The number of likely N-dealkylation sites (tertiary alicyclic amines) is 1. The fraction of sp³-hybridized carbons (Fsp3) is 0.722. The van der Waals surface area contributed by atoms with Gasteiger partial charge < -0.3 is 30.3 Å². The van der Waals surface area contributed by atoms with E-state index in [1.807, 2.05) is 30.3 Å². The monoisotopic (exact) mass is 644 g/mol. The number of nitrogens with zero attached hydrogens (tertiary/aromatic N) is 1. The molecule has 46 heavy (non-hydrogen) atoms. The fourth-order valence-electron chi connectivity index (χ4n) is 5.59. The highest BCUT2D eigenvalue weighted by Crippen LogP contribution is 2.21. The highest BCUT2D eigenvalue weighted by Gasteiger charge is 2.37. The number of carbonyl (C=O) groups is 4. The van der Waals surface area contributed by atoms with Crippen LogP contribution < -0.4 is 16.0 Å². The number of carbonyl (C=O) groups excluding carboxylic acids is 4. The lowest BCUT2D eigenvalue weighted by molar-refractivity contribution is -0.140. The number of hydrogen-bond donors (Lipinski definition) is 3. The summed E-state index contributed by atoms with van der Waals surface area (Å²) in [4.78, 5) is 53.1. The van der Waals surface area contributed by atoms with Gasteiger partial charge in [-0.25, -0.2) is 9.59 Å². The number of ether oxygens (including phenoxy) is 2. The first-order valence-electron chi connectivity index (χ1n) is 17.6. The Hall–Kier alpha value is -3.30. The van der Waals surface area contributed by atoms with Gasteiger partial charge in [-0.15, -0.1) is 0 Å². The van der Waals surface area contributed by atoms with Crippen molar-refractivity contribution in [1.29, 1.82) is 0 Å². The maximum Gasteiger partial charge on any atom is 0.408 e. The molecular formula is C36H60N4O6. The molecule has 2 rings (SSSR count). The smallest absolute Gasteiger partial charge is 0.408 e. The van der Waals surface area contributed by atoms with Crippen LogP contribution in [0.25, 0.3) is 0 Å². The molecule has 1 aliphatic rings. The Morgan fingerprint density at radius 3 is 2.09 bits per heavy atom. The number of hydrogen-bond acceptors (Lipinski definition) is 6. The fourth-order valence-corrected chi connectivity index (χ4v) is 5.59. The van der Waals surface area contributed by atoms with E-state index in [9.17, 15) is 19.2 Å². The minimum atomic E-state index is -0.838. The molecule has 10 heteroatoms. The summed E-state index contributed by atoms with van der Waals surface area (Å²) in [6.45, 7) is 9.16. The second-order valence-corrected chi connectivity index (χ2v) is 13.3. The van der Waals surface area contributed by atoms with Crippen molar-refractivity contribution in [3.8, 4) is 0 Å². The van der Waals surface area contributed by atoms with Gasteiger partial charge in [0.15, 0.2) is 0 Å². The van der Waals surface area contributed by atoms with Gasteiger partial charge in [-0.1, -0.05) is 95.0 Å². The van der Waals surface area contributed by atoms with Gasteiger partial charge in [0, 0.05) is 19.6 Å². The minimum Gasteiger partial charge on any atom is -0.445 e. The van der Waals surface area contributed by atoms with E-state index in [0.717, 1.165) is 24.8 Å². The first kappa shape index (κ1) is 38.9. The molecule has 0 unspecified atom stereocenters. The molecule has 1 aromatic carbocycles. The van der Waals surface area contributed by atoms with Crippen molar-refractivity contribution < 1.29 is 28.7 Å². The summed E-state index contributed by atoms with van der Waals surface area (Å²) in [6.07, 6.45) is 14.0. The van der Waals surface area contributed by atoms with Crippen molar-refractivity contribution in [1.82, 2.24) is 20.9 Å². The molecule has 1 aliphatic heterocycles. The van der Waals surface area contributed by atoms with Crippen LogP contribution >= 0.6 is 0 Å². The Morgan fingerprint density at radius 2 is 1.43 bits per heavy atom. The highest BCUT2D eigenvalue weighted by molar-refractivity contribution is 5.91. The summed E-state index contributed by atoms with van der Waals surface area (Å²) >= 11 is 0. The molecule has 260 valence electrons. The average molecular weight is 645 g/mol. The second-order valence-electron chi connectivity index (χ2n) is 13.3. The van der Waals surface area contributed by atoms with Gasteiger partial charge in [0.2, 0.25) is 11.8 Å². The number of benzene rings is 1. The molecule has 0 spiro atoms. The predicted molar refractivity (Wildman–Crippen MR) is 181 cm³/mol. The highest BCUT2D eigenvalue weighted by atomic mass is 16.6. The van der Waals surface area contributed by atoms with Gasteiger partial charge in [0.25, 0.3) is 0 Å². The zero-order valence-electron chi connectivity index (χ0n) is 28.9. The van der Waals surface area contributed by atoms with E-state index in [0.29, 0.717) is 45.3 Å². The van der Waals surface area contributed by atoms with Crippen LogP contribution in [0.2, 0.25) is 0 Å². The number of amides is 4. The second kappa shape index (κ2) is 22.3. The molecule has 2 atom stereocenters. The maximum absolute atomic E-state index is 13.7. The first-order chi connectivity index (χ1) is 22.1. The molecule has 4 amide bonds. The summed E-state index contributed by atoms with van der Waals surface area (Å²) in [7, 11) is 0. The van der Waals surface area contributed by atoms with Crippen LogP contribution in [0.5, 0.6) is 0 Å². The zero-order chi connectivity index (χ0) is 33.6. The summed E-state index contributed by atoms with van der Waals surface area (Å²) in [5, 5.41) is 8.51. The Labute approximate surface area is 277 Å². The molecule has 0 bridgehead atoms. The van der Waals surface area contributed by atoms with E-state index in [4.69, 9.17) is 9.47 Å². The van der Waals surface area contributed by atoms with Gasteiger partial charge in [0.05, 0.1) is 0 Å². The summed E-state index contributed by atoms with van der Waals surface area (Å²) < 4.78 is 10.7. The summed E-state index contributed by atoms with van der Waals surface area (Å²) in [6, 6.07) is 8.06. The zero-order valence-corrected chi connectivity index (χ0v) is 28.9. The Morgan fingerprint density at radius 1 is 0.826 bits per heavy atom. The van der Waals surface area contributed by atoms with Crippen molar-refractivity contribution in [3.63, 3.8) is 0 Å². The van der Waals surface area contributed by atoms with Crippen LogP contribution in [0.1, 0.15) is 130 Å². The van der Waals surface area contributed by atoms with Gasteiger partial charge in [-0.3, -0.25) is 9.59 Å². The Bertz CT molecular complexity index is 1030. The van der Waals surface area contributed by atoms with Gasteiger partial charge in [0.1, 0.15) is 24.3 Å². The molecule has 1 fully saturated rings. The van der Waals surface area contributed by atoms with Crippen LogP contribution in [-0.4, -0.2) is 66.2 Å². The summed E-state index contributed by atoms with van der Waals surface area (Å²) in [5.74, 6) is -0.409. The minimum absolute atomic E-state index is 0.129. The molecule has 0 aliphatic carbocycles. The molecule has 0 saturated carbocycles. The quantitative estimate of drug-likeness (QED) is 0.124. The van der Waals surface area contributed by atoms with E-state index >= 15 is 0 Å². The average Bonchev–Trinajstić information content (AvgIpc) is 3.51. The molecule has 0 aromatic heterocycles. The van der Waals surface area contributed by atoms with E-state index < -0.39 is 29.9 Å².